The summed E-state index contributed by atoms with van der Waals surface area (Å²) in [6.45, 7) is 2.71. The Morgan fingerprint density at radius 1 is 1.22 bits per heavy atom. The summed E-state index contributed by atoms with van der Waals surface area (Å²) in [6, 6.07) is 12.4. The number of rotatable bonds is 6. The van der Waals surface area contributed by atoms with Gasteiger partial charge in [-0.25, -0.2) is 0 Å². The summed E-state index contributed by atoms with van der Waals surface area (Å²) >= 11 is 4.98. The summed E-state index contributed by atoms with van der Waals surface area (Å²) in [6.07, 6.45) is 2.63. The Balaban J connectivity index is 1.41. The number of fused-ring (bicyclic) bond motifs is 1. The molecule has 4 rings (SSSR count). The molecule has 8 heteroatoms. The second-order valence-electron chi connectivity index (χ2n) is 6.51. The van der Waals surface area contributed by atoms with Crippen LogP contribution in [0.25, 0.3) is 21.5 Å². The van der Waals surface area contributed by atoms with E-state index >= 15 is 0 Å². The van der Waals surface area contributed by atoms with Gasteiger partial charge >= 0.3 is 0 Å². The number of hydrogen-bond acceptors (Lipinski definition) is 6. The number of H-pyrrole nitrogens is 1. The first-order chi connectivity index (χ1) is 13.1. The molecule has 0 spiro atoms. The van der Waals surface area contributed by atoms with E-state index in [9.17, 15) is 0 Å². The van der Waals surface area contributed by atoms with Gasteiger partial charge in [0.1, 0.15) is 5.01 Å². The Morgan fingerprint density at radius 2 is 2.04 bits per heavy atom. The molecule has 138 valence electrons. The molecular formula is C19H19BrN6S. The van der Waals surface area contributed by atoms with Gasteiger partial charge in [-0.1, -0.05) is 39.4 Å². The van der Waals surface area contributed by atoms with Crippen LogP contribution in [0.15, 0.2) is 47.1 Å². The minimum absolute atomic E-state index is 0.00235. The molecule has 0 aliphatic heterocycles. The molecular weight excluding hydrogens is 424 g/mol. The zero-order valence-electron chi connectivity index (χ0n) is 14.7. The van der Waals surface area contributed by atoms with Gasteiger partial charge in [0.2, 0.25) is 5.13 Å². The number of hydrogen-bond donors (Lipinski definition) is 3. The van der Waals surface area contributed by atoms with Gasteiger partial charge in [0, 0.05) is 28.0 Å². The summed E-state index contributed by atoms with van der Waals surface area (Å²) in [5, 5.41) is 21.7. The van der Waals surface area contributed by atoms with Gasteiger partial charge in [-0.05, 0) is 48.7 Å². The number of aromatic amines is 1. The SMILES string of the molecule is Cc1cc2[nH]ncc2cc1-c1nnc(NCC(N)Cc2ccc(Br)cc2)s1. The normalized spacial score (nSPS) is 12.4. The maximum absolute atomic E-state index is 6.26. The Morgan fingerprint density at radius 3 is 2.85 bits per heavy atom. The Bertz CT molecular complexity index is 1060. The van der Waals surface area contributed by atoms with Crippen molar-refractivity contribution in [2.45, 2.75) is 19.4 Å². The van der Waals surface area contributed by atoms with Crippen LogP contribution in [0.4, 0.5) is 5.13 Å². The monoisotopic (exact) mass is 442 g/mol. The fourth-order valence-corrected chi connectivity index (χ4v) is 4.04. The molecule has 0 aliphatic rings. The lowest BCUT2D eigenvalue weighted by atomic mass is 10.1. The third-order valence-electron chi connectivity index (χ3n) is 4.37. The second-order valence-corrected chi connectivity index (χ2v) is 8.40. The Kier molecular flexibility index (Phi) is 5.20. The molecule has 0 bridgehead atoms. The number of halogens is 1. The van der Waals surface area contributed by atoms with Crippen molar-refractivity contribution < 1.29 is 0 Å². The predicted molar refractivity (Wildman–Crippen MR) is 114 cm³/mol. The van der Waals surface area contributed by atoms with Crippen LogP contribution < -0.4 is 11.1 Å². The summed E-state index contributed by atoms with van der Waals surface area (Å²) in [5.74, 6) is 0. The van der Waals surface area contributed by atoms with Crippen LogP contribution in [0, 0.1) is 6.92 Å². The van der Waals surface area contributed by atoms with Gasteiger partial charge in [0.05, 0.1) is 11.7 Å². The molecule has 2 aromatic carbocycles. The molecule has 1 unspecified atom stereocenters. The predicted octanol–water partition coefficient (Wildman–Crippen LogP) is 4.13. The fourth-order valence-electron chi connectivity index (χ4n) is 2.95. The molecule has 1 atom stereocenters. The minimum atomic E-state index is 0.00235. The van der Waals surface area contributed by atoms with Crippen molar-refractivity contribution in [3.05, 3.63) is 58.2 Å². The van der Waals surface area contributed by atoms with Crippen molar-refractivity contribution >= 4 is 43.3 Å². The molecule has 0 aliphatic carbocycles. The van der Waals surface area contributed by atoms with E-state index < -0.39 is 0 Å². The first-order valence-electron chi connectivity index (χ1n) is 8.60. The Labute approximate surface area is 169 Å². The zero-order chi connectivity index (χ0) is 18.8. The number of nitrogens with one attached hydrogen (secondary N) is 2. The highest BCUT2D eigenvalue weighted by Crippen LogP contribution is 2.31. The summed E-state index contributed by atoms with van der Waals surface area (Å²) in [5.41, 5.74) is 10.7. The van der Waals surface area contributed by atoms with Gasteiger partial charge in [-0.3, -0.25) is 5.10 Å². The molecule has 2 heterocycles. The highest BCUT2D eigenvalue weighted by molar-refractivity contribution is 9.10. The molecule has 0 fully saturated rings. The average Bonchev–Trinajstić information content (AvgIpc) is 3.30. The molecule has 0 saturated heterocycles. The Hall–Kier alpha value is -2.29. The minimum Gasteiger partial charge on any atom is -0.359 e. The van der Waals surface area contributed by atoms with Crippen LogP contribution in [0.1, 0.15) is 11.1 Å². The molecule has 0 radical (unpaired) electrons. The maximum Gasteiger partial charge on any atom is 0.206 e. The number of nitrogens with zero attached hydrogens (tertiary/aromatic N) is 3. The molecule has 0 amide bonds. The molecule has 0 saturated carbocycles. The van der Waals surface area contributed by atoms with Gasteiger partial charge in [0.25, 0.3) is 0 Å². The van der Waals surface area contributed by atoms with Crippen molar-refractivity contribution in [2.24, 2.45) is 5.73 Å². The highest BCUT2D eigenvalue weighted by atomic mass is 79.9. The van der Waals surface area contributed by atoms with Gasteiger partial charge in [0.15, 0.2) is 0 Å². The summed E-state index contributed by atoms with van der Waals surface area (Å²) in [4.78, 5) is 0. The third kappa shape index (κ3) is 4.18. The van der Waals surface area contributed by atoms with E-state index in [2.05, 4.69) is 72.8 Å². The molecule has 6 nitrogen and oxygen atoms in total. The first-order valence-corrected chi connectivity index (χ1v) is 10.2. The number of nitrogens with two attached hydrogens (primary N) is 1. The van der Waals surface area contributed by atoms with Gasteiger partial charge in [-0.2, -0.15) is 5.10 Å². The molecule has 2 aromatic heterocycles. The van der Waals surface area contributed by atoms with Gasteiger partial charge < -0.3 is 11.1 Å². The van der Waals surface area contributed by atoms with E-state index in [0.717, 1.165) is 43.1 Å². The maximum atomic E-state index is 6.26. The topological polar surface area (TPSA) is 92.5 Å². The molecule has 4 aromatic rings. The van der Waals surface area contributed by atoms with Crippen molar-refractivity contribution in [3.8, 4) is 10.6 Å². The van der Waals surface area contributed by atoms with Gasteiger partial charge in [-0.15, -0.1) is 10.2 Å². The second kappa shape index (κ2) is 7.75. The quantitative estimate of drug-likeness (QED) is 0.417. The van der Waals surface area contributed by atoms with E-state index in [0.29, 0.717) is 6.54 Å². The highest BCUT2D eigenvalue weighted by Gasteiger charge is 2.12. The number of aromatic nitrogens is 4. The van der Waals surface area contributed by atoms with Crippen LogP contribution in [0.3, 0.4) is 0 Å². The number of aryl methyl sites for hydroxylation is 1. The lowest BCUT2D eigenvalue weighted by Crippen LogP contribution is -2.31. The lowest BCUT2D eigenvalue weighted by molar-refractivity contribution is 0.698. The van der Waals surface area contributed by atoms with Crippen molar-refractivity contribution in [3.63, 3.8) is 0 Å². The standard InChI is InChI=1S/C19H19BrN6S/c1-11-6-17-13(9-23-24-17)8-16(11)18-25-26-19(27-18)22-10-15(21)7-12-2-4-14(20)5-3-12/h2-6,8-9,15H,7,10,21H2,1H3,(H,22,26)(H,23,24). The van der Waals surface area contributed by atoms with E-state index in [-0.39, 0.29) is 6.04 Å². The largest absolute Gasteiger partial charge is 0.359 e. The van der Waals surface area contributed by atoms with Crippen molar-refractivity contribution in [2.75, 3.05) is 11.9 Å². The lowest BCUT2D eigenvalue weighted by Gasteiger charge is -2.12. The van der Waals surface area contributed by atoms with Crippen LogP contribution in [0.5, 0.6) is 0 Å². The van der Waals surface area contributed by atoms with E-state index in [4.69, 9.17) is 5.73 Å². The van der Waals surface area contributed by atoms with Crippen LogP contribution >= 0.6 is 27.3 Å². The number of benzene rings is 2. The fraction of sp³-hybridized carbons (Fsp3) is 0.211. The van der Waals surface area contributed by atoms with E-state index in [1.807, 2.05) is 18.3 Å². The van der Waals surface area contributed by atoms with E-state index in [1.54, 1.807) is 0 Å². The van der Waals surface area contributed by atoms with Crippen molar-refractivity contribution in [1.29, 1.82) is 0 Å². The third-order valence-corrected chi connectivity index (χ3v) is 5.81. The summed E-state index contributed by atoms with van der Waals surface area (Å²) < 4.78 is 1.07. The van der Waals surface area contributed by atoms with Crippen LogP contribution in [-0.2, 0) is 6.42 Å². The average molecular weight is 443 g/mol. The summed E-state index contributed by atoms with van der Waals surface area (Å²) in [7, 11) is 0. The molecule has 4 N–H and O–H groups in total. The van der Waals surface area contributed by atoms with Crippen LogP contribution in [0.2, 0.25) is 0 Å². The molecule has 27 heavy (non-hydrogen) atoms. The number of anilines is 1. The zero-order valence-corrected chi connectivity index (χ0v) is 17.1. The van der Waals surface area contributed by atoms with Crippen LogP contribution in [-0.4, -0.2) is 33.0 Å². The first kappa shape index (κ1) is 18.1. The van der Waals surface area contributed by atoms with Crippen molar-refractivity contribution in [1.82, 2.24) is 20.4 Å². The van der Waals surface area contributed by atoms with E-state index in [1.165, 1.54) is 16.9 Å². The smallest absolute Gasteiger partial charge is 0.206 e.